The Morgan fingerprint density at radius 3 is 0.500 bits per heavy atom. The molecule has 0 nitrogen and oxygen atoms in total. The van der Waals surface area contributed by atoms with E-state index in [9.17, 15) is 0 Å². The van der Waals surface area contributed by atoms with Gasteiger partial charge in [-0.1, -0.05) is 0 Å². The standard InChI is InChI=1S/Ba.3K/q+2;3*+1. The average molecular weight is 255 g/mol. The second kappa shape index (κ2) is 16.2. The SMILES string of the molecule is [Ba+2].[K+].[K+].[K+]. The average Bonchev–Trinajstić information content (AvgIpc) is 0. The van der Waals surface area contributed by atoms with Gasteiger partial charge < -0.3 is 0 Å². The summed E-state index contributed by atoms with van der Waals surface area (Å²) in [5.41, 5.74) is 0. The van der Waals surface area contributed by atoms with Gasteiger partial charge in [0.15, 0.2) is 0 Å². The summed E-state index contributed by atoms with van der Waals surface area (Å²) in [6.07, 6.45) is 0. The third kappa shape index (κ3) is 11.3. The first-order chi connectivity index (χ1) is 0. The van der Waals surface area contributed by atoms with E-state index in [4.69, 9.17) is 0 Å². The van der Waals surface area contributed by atoms with Crippen LogP contribution in [0.2, 0.25) is 0 Å². The van der Waals surface area contributed by atoms with E-state index >= 15 is 0 Å². The Labute approximate surface area is 195 Å². The van der Waals surface area contributed by atoms with Gasteiger partial charge in [-0.2, -0.15) is 0 Å². The van der Waals surface area contributed by atoms with Crippen LogP contribution in [-0.4, -0.2) is 48.9 Å². The first kappa shape index (κ1) is 22.4. The van der Waals surface area contributed by atoms with Crippen LogP contribution in [0.4, 0.5) is 0 Å². The van der Waals surface area contributed by atoms with Crippen LogP contribution in [0.5, 0.6) is 0 Å². The smallest absolute Gasteiger partial charge is 1.00 e. The van der Waals surface area contributed by atoms with E-state index in [-0.39, 0.29) is 203 Å². The Kier molecular flexibility index (Phi) is 91.0. The monoisotopic (exact) mass is 255 g/mol. The molecule has 0 aliphatic carbocycles. The Balaban J connectivity index is 0. The zero-order chi connectivity index (χ0) is 0. The second-order valence-corrected chi connectivity index (χ2v) is 0. The molecule has 0 spiro atoms. The van der Waals surface area contributed by atoms with E-state index in [1.807, 2.05) is 0 Å². The molecule has 0 aromatic rings. The summed E-state index contributed by atoms with van der Waals surface area (Å²) in [6.45, 7) is 0. The van der Waals surface area contributed by atoms with Crippen LogP contribution in [0, 0.1) is 0 Å². The molecule has 4 heteroatoms. The zero-order valence-corrected chi connectivity index (χ0v) is 17.5. The number of hydrogen-bond donors (Lipinski definition) is 0. The first-order valence-electron chi connectivity index (χ1n) is 0. The topological polar surface area (TPSA) is 0 Å². The fourth-order valence-electron chi connectivity index (χ4n) is 0. The Morgan fingerprint density at radius 2 is 0.500 bits per heavy atom. The van der Waals surface area contributed by atoms with Gasteiger partial charge in [-0.15, -0.1) is 0 Å². The van der Waals surface area contributed by atoms with Crippen LogP contribution in [0.3, 0.4) is 0 Å². The molecule has 0 rings (SSSR count). The van der Waals surface area contributed by atoms with Crippen molar-refractivity contribution in [3.05, 3.63) is 0 Å². The maximum Gasteiger partial charge on any atom is 2.00 e. The van der Waals surface area contributed by atoms with Gasteiger partial charge in [0, 0.05) is 0 Å². The van der Waals surface area contributed by atoms with Crippen molar-refractivity contribution in [3.63, 3.8) is 0 Å². The number of rotatable bonds is 0. The van der Waals surface area contributed by atoms with Crippen molar-refractivity contribution >= 4 is 48.9 Å². The molecule has 0 heterocycles. The predicted molar refractivity (Wildman–Crippen MR) is 5.75 cm³/mol. The van der Waals surface area contributed by atoms with Crippen molar-refractivity contribution in [2.24, 2.45) is 0 Å². The molecular formula is BaK3+5. The summed E-state index contributed by atoms with van der Waals surface area (Å²) in [4.78, 5) is 0. The fourth-order valence-corrected chi connectivity index (χ4v) is 0. The van der Waals surface area contributed by atoms with Crippen LogP contribution < -0.4 is 154 Å². The third-order valence-corrected chi connectivity index (χ3v) is 0. The van der Waals surface area contributed by atoms with Gasteiger partial charge in [0.05, 0.1) is 0 Å². The number of hydrogen-bond acceptors (Lipinski definition) is 0. The third-order valence-electron chi connectivity index (χ3n) is 0. The molecule has 0 aromatic heterocycles. The summed E-state index contributed by atoms with van der Waals surface area (Å²) < 4.78 is 0. The summed E-state index contributed by atoms with van der Waals surface area (Å²) in [5.74, 6) is 0. The molecule has 0 saturated heterocycles. The molecule has 0 bridgehead atoms. The predicted octanol–water partition coefficient (Wildman–Crippen LogP) is -9.37. The normalized spacial score (nSPS) is 0. The van der Waals surface area contributed by atoms with E-state index in [1.165, 1.54) is 0 Å². The van der Waals surface area contributed by atoms with Crippen molar-refractivity contribution in [2.45, 2.75) is 0 Å². The van der Waals surface area contributed by atoms with Gasteiger partial charge in [-0.05, 0) is 0 Å². The molecule has 4 heavy (non-hydrogen) atoms. The minimum Gasteiger partial charge on any atom is 1.00 e. The van der Waals surface area contributed by atoms with Gasteiger partial charge in [-0.3, -0.25) is 0 Å². The molecule has 0 unspecified atom stereocenters. The fraction of sp³-hybridized carbons (Fsp3) is 0. The van der Waals surface area contributed by atoms with Crippen LogP contribution >= 0.6 is 0 Å². The maximum absolute atomic E-state index is 0. The van der Waals surface area contributed by atoms with Crippen molar-refractivity contribution in [1.82, 2.24) is 0 Å². The minimum absolute atomic E-state index is 0. The molecule has 0 valence electrons. The summed E-state index contributed by atoms with van der Waals surface area (Å²) in [6, 6.07) is 0. The Bertz CT molecular complexity index is 3.25. The molecule has 0 fully saturated rings. The second-order valence-electron chi connectivity index (χ2n) is 0. The molecule has 0 amide bonds. The van der Waals surface area contributed by atoms with E-state index in [2.05, 4.69) is 0 Å². The molecule has 0 aromatic carbocycles. The van der Waals surface area contributed by atoms with Crippen LogP contribution in [-0.2, 0) is 0 Å². The van der Waals surface area contributed by atoms with Crippen LogP contribution in [0.1, 0.15) is 0 Å². The van der Waals surface area contributed by atoms with Crippen LogP contribution in [0.25, 0.3) is 0 Å². The zero-order valence-electron chi connectivity index (χ0n) is 3.71. The molecule has 0 atom stereocenters. The first-order valence-corrected chi connectivity index (χ1v) is 0. The summed E-state index contributed by atoms with van der Waals surface area (Å²) in [5, 5.41) is 0. The van der Waals surface area contributed by atoms with Gasteiger partial charge in [0.25, 0.3) is 0 Å². The van der Waals surface area contributed by atoms with Crippen LogP contribution in [0.15, 0.2) is 0 Å². The van der Waals surface area contributed by atoms with Gasteiger partial charge >= 0.3 is 203 Å². The van der Waals surface area contributed by atoms with E-state index in [1.54, 1.807) is 0 Å². The van der Waals surface area contributed by atoms with Gasteiger partial charge in [0.1, 0.15) is 0 Å². The Hall–Kier alpha value is 6.48. The molecule has 0 N–H and O–H groups in total. The summed E-state index contributed by atoms with van der Waals surface area (Å²) in [7, 11) is 0. The van der Waals surface area contributed by atoms with Crippen molar-refractivity contribution in [1.29, 1.82) is 0 Å². The van der Waals surface area contributed by atoms with E-state index in [0.29, 0.717) is 0 Å². The molecule has 0 saturated carbocycles. The quantitative estimate of drug-likeness (QED) is 0.377. The van der Waals surface area contributed by atoms with E-state index in [0.717, 1.165) is 0 Å². The molecular weight excluding hydrogens is 255 g/mol. The van der Waals surface area contributed by atoms with Gasteiger partial charge in [-0.25, -0.2) is 0 Å². The summed E-state index contributed by atoms with van der Waals surface area (Å²) >= 11 is 0. The minimum atomic E-state index is 0. The largest absolute Gasteiger partial charge is 2.00 e. The van der Waals surface area contributed by atoms with Crippen molar-refractivity contribution in [2.75, 3.05) is 0 Å². The molecule has 0 aliphatic heterocycles. The Morgan fingerprint density at radius 1 is 0.500 bits per heavy atom. The van der Waals surface area contributed by atoms with Gasteiger partial charge in [0.2, 0.25) is 0 Å². The van der Waals surface area contributed by atoms with E-state index < -0.39 is 0 Å². The maximum atomic E-state index is 0. The van der Waals surface area contributed by atoms with Crippen molar-refractivity contribution in [3.8, 4) is 0 Å². The molecule has 0 radical (unpaired) electrons. The molecule has 0 aliphatic rings. The van der Waals surface area contributed by atoms with Crippen molar-refractivity contribution < 1.29 is 154 Å².